The molecule has 0 unspecified atom stereocenters. The number of hydrogen-bond donors (Lipinski definition) is 2. The van der Waals surface area contributed by atoms with Gasteiger partial charge in [-0.25, -0.2) is 8.78 Å². The summed E-state index contributed by atoms with van der Waals surface area (Å²) in [5, 5.41) is 12.2. The number of halogens is 2. The highest BCUT2D eigenvalue weighted by atomic mass is 19.1. The largest absolute Gasteiger partial charge is 0.396 e. The van der Waals surface area contributed by atoms with Crippen molar-refractivity contribution < 1.29 is 13.9 Å². The fourth-order valence-electron chi connectivity index (χ4n) is 2.62. The van der Waals surface area contributed by atoms with Gasteiger partial charge < -0.3 is 10.4 Å². The van der Waals surface area contributed by atoms with Gasteiger partial charge in [-0.15, -0.1) is 0 Å². The van der Waals surface area contributed by atoms with Gasteiger partial charge in [0, 0.05) is 44.4 Å². The van der Waals surface area contributed by atoms with E-state index in [0.29, 0.717) is 12.8 Å². The minimum atomic E-state index is -0.499. The van der Waals surface area contributed by atoms with Crippen molar-refractivity contribution in [3.8, 4) is 0 Å². The quantitative estimate of drug-likeness (QED) is 0.854. The average Bonchev–Trinajstić information content (AvgIpc) is 2.43. The normalized spacial score (nSPS) is 18.5. The minimum absolute atomic E-state index is 0.0403. The molecule has 1 atom stereocenters. The van der Waals surface area contributed by atoms with Crippen LogP contribution in [0.3, 0.4) is 0 Å². The molecule has 0 bridgehead atoms. The van der Waals surface area contributed by atoms with Gasteiger partial charge in [0.2, 0.25) is 0 Å². The van der Waals surface area contributed by atoms with Gasteiger partial charge in [-0.1, -0.05) is 6.07 Å². The van der Waals surface area contributed by atoms with Gasteiger partial charge in [0.25, 0.3) is 0 Å². The molecule has 2 N–H and O–H groups in total. The Hall–Kier alpha value is -1.04. The molecular weight excluding hydrogens is 250 g/mol. The lowest BCUT2D eigenvalue weighted by Crippen LogP contribution is -2.45. The van der Waals surface area contributed by atoms with Gasteiger partial charge in [-0.3, -0.25) is 4.90 Å². The summed E-state index contributed by atoms with van der Waals surface area (Å²) in [6.45, 7) is 3.23. The van der Waals surface area contributed by atoms with E-state index in [1.54, 1.807) is 0 Å². The summed E-state index contributed by atoms with van der Waals surface area (Å²) in [5.41, 5.74) is 0.137. The first-order valence-corrected chi connectivity index (χ1v) is 6.73. The summed E-state index contributed by atoms with van der Waals surface area (Å²) < 4.78 is 27.9. The molecule has 0 spiro atoms. The van der Waals surface area contributed by atoms with Crippen molar-refractivity contribution in [3.05, 3.63) is 35.4 Å². The van der Waals surface area contributed by atoms with Crippen LogP contribution in [-0.4, -0.2) is 42.8 Å². The lowest BCUT2D eigenvalue weighted by Gasteiger charge is -2.35. The standard InChI is InChI=1S/C14H20F2N2O/c15-11-3-1-4-12(16)14(11)13(5-2-10-19)18-8-6-17-7-9-18/h1,3-4,13,17,19H,2,5-10H2/t13-/m0/s1. The molecular formula is C14H20F2N2O. The molecule has 1 aromatic carbocycles. The second-order valence-corrected chi connectivity index (χ2v) is 4.80. The SMILES string of the molecule is OCCC[C@@H](c1c(F)cccc1F)N1CCNCC1. The van der Waals surface area contributed by atoms with Gasteiger partial charge in [-0.2, -0.15) is 0 Å². The van der Waals surface area contributed by atoms with Crippen LogP contribution < -0.4 is 5.32 Å². The second kappa shape index (κ2) is 6.93. The summed E-state index contributed by atoms with van der Waals surface area (Å²) >= 11 is 0. The number of benzene rings is 1. The molecule has 1 aliphatic heterocycles. The van der Waals surface area contributed by atoms with Crippen molar-refractivity contribution in [2.45, 2.75) is 18.9 Å². The molecule has 2 rings (SSSR count). The number of hydrogen-bond acceptors (Lipinski definition) is 3. The smallest absolute Gasteiger partial charge is 0.130 e. The van der Waals surface area contributed by atoms with Crippen molar-refractivity contribution in [1.29, 1.82) is 0 Å². The van der Waals surface area contributed by atoms with E-state index >= 15 is 0 Å². The van der Waals surface area contributed by atoms with Crippen LogP contribution in [0.5, 0.6) is 0 Å². The molecule has 106 valence electrons. The highest BCUT2D eigenvalue weighted by Gasteiger charge is 2.26. The van der Waals surface area contributed by atoms with Crippen LogP contribution in [0.4, 0.5) is 8.78 Å². The monoisotopic (exact) mass is 270 g/mol. The zero-order valence-electron chi connectivity index (χ0n) is 10.9. The zero-order chi connectivity index (χ0) is 13.7. The predicted octanol–water partition coefficient (Wildman–Crippen LogP) is 1.68. The molecule has 1 saturated heterocycles. The maximum atomic E-state index is 13.9. The summed E-state index contributed by atoms with van der Waals surface area (Å²) in [4.78, 5) is 2.09. The Balaban J connectivity index is 2.25. The third kappa shape index (κ3) is 3.49. The Morgan fingerprint density at radius 2 is 1.84 bits per heavy atom. The lowest BCUT2D eigenvalue weighted by molar-refractivity contribution is 0.148. The van der Waals surface area contributed by atoms with Gasteiger partial charge >= 0.3 is 0 Å². The third-order valence-corrected chi connectivity index (χ3v) is 3.56. The highest BCUT2D eigenvalue weighted by Crippen LogP contribution is 2.30. The summed E-state index contributed by atoms with van der Waals surface area (Å²) in [6.07, 6.45) is 1.11. The molecule has 1 fully saturated rings. The van der Waals surface area contributed by atoms with E-state index in [4.69, 9.17) is 5.11 Å². The number of nitrogens with one attached hydrogen (secondary N) is 1. The van der Waals surface area contributed by atoms with E-state index in [2.05, 4.69) is 10.2 Å². The van der Waals surface area contributed by atoms with Gasteiger partial charge in [0.05, 0.1) is 0 Å². The van der Waals surface area contributed by atoms with Crippen LogP contribution in [0, 0.1) is 11.6 Å². The molecule has 0 aromatic heterocycles. The predicted molar refractivity (Wildman–Crippen MR) is 69.9 cm³/mol. The topological polar surface area (TPSA) is 35.5 Å². The number of aliphatic hydroxyl groups is 1. The molecule has 0 aliphatic carbocycles. The van der Waals surface area contributed by atoms with E-state index < -0.39 is 11.6 Å². The first kappa shape index (κ1) is 14.4. The molecule has 3 nitrogen and oxygen atoms in total. The summed E-state index contributed by atoms with van der Waals surface area (Å²) in [6, 6.07) is 3.68. The van der Waals surface area contributed by atoms with E-state index in [9.17, 15) is 8.78 Å². The van der Waals surface area contributed by atoms with Crippen LogP contribution in [0.25, 0.3) is 0 Å². The molecule has 0 saturated carbocycles. The fourth-order valence-corrected chi connectivity index (χ4v) is 2.62. The van der Waals surface area contributed by atoms with Crippen molar-refractivity contribution in [1.82, 2.24) is 10.2 Å². The van der Waals surface area contributed by atoms with Crippen molar-refractivity contribution in [2.24, 2.45) is 0 Å². The summed E-state index contributed by atoms with van der Waals surface area (Å²) in [7, 11) is 0. The molecule has 1 aromatic rings. The lowest BCUT2D eigenvalue weighted by atomic mass is 9.98. The Morgan fingerprint density at radius 3 is 2.42 bits per heavy atom. The average molecular weight is 270 g/mol. The van der Waals surface area contributed by atoms with E-state index in [1.165, 1.54) is 18.2 Å². The molecule has 19 heavy (non-hydrogen) atoms. The second-order valence-electron chi connectivity index (χ2n) is 4.80. The first-order chi connectivity index (χ1) is 9.24. The van der Waals surface area contributed by atoms with Crippen LogP contribution in [0.2, 0.25) is 0 Å². The number of aliphatic hydroxyl groups excluding tert-OH is 1. The maximum absolute atomic E-state index is 13.9. The van der Waals surface area contributed by atoms with Crippen LogP contribution >= 0.6 is 0 Å². The van der Waals surface area contributed by atoms with Crippen molar-refractivity contribution in [2.75, 3.05) is 32.8 Å². The Labute approximate surface area is 112 Å². The zero-order valence-corrected chi connectivity index (χ0v) is 10.9. The first-order valence-electron chi connectivity index (χ1n) is 6.73. The maximum Gasteiger partial charge on any atom is 0.130 e. The number of rotatable bonds is 5. The molecule has 0 amide bonds. The van der Waals surface area contributed by atoms with E-state index in [1.807, 2.05) is 0 Å². The van der Waals surface area contributed by atoms with Crippen LogP contribution in [0.15, 0.2) is 18.2 Å². The number of nitrogens with zero attached hydrogens (tertiary/aromatic N) is 1. The molecule has 5 heteroatoms. The van der Waals surface area contributed by atoms with Gasteiger partial charge in [0.1, 0.15) is 11.6 Å². The Bertz CT molecular complexity index is 388. The Kier molecular flexibility index (Phi) is 5.24. The number of piperazine rings is 1. The molecule has 1 heterocycles. The van der Waals surface area contributed by atoms with E-state index in [0.717, 1.165) is 26.2 Å². The Morgan fingerprint density at radius 1 is 1.21 bits per heavy atom. The highest BCUT2D eigenvalue weighted by molar-refractivity contribution is 5.23. The minimum Gasteiger partial charge on any atom is -0.396 e. The fraction of sp³-hybridized carbons (Fsp3) is 0.571. The van der Waals surface area contributed by atoms with Crippen molar-refractivity contribution >= 4 is 0 Å². The third-order valence-electron chi connectivity index (χ3n) is 3.56. The molecule has 1 aliphatic rings. The van der Waals surface area contributed by atoms with Crippen LogP contribution in [-0.2, 0) is 0 Å². The summed E-state index contributed by atoms with van der Waals surface area (Å²) in [5.74, 6) is -0.997. The van der Waals surface area contributed by atoms with Gasteiger partial charge in [-0.05, 0) is 25.0 Å². The van der Waals surface area contributed by atoms with Gasteiger partial charge in [0.15, 0.2) is 0 Å². The molecule has 0 radical (unpaired) electrons. The van der Waals surface area contributed by atoms with E-state index in [-0.39, 0.29) is 18.2 Å². The van der Waals surface area contributed by atoms with Crippen molar-refractivity contribution in [3.63, 3.8) is 0 Å². The van der Waals surface area contributed by atoms with Crippen LogP contribution in [0.1, 0.15) is 24.4 Å².